The summed E-state index contributed by atoms with van der Waals surface area (Å²) in [6.45, 7) is 2.26. The predicted octanol–water partition coefficient (Wildman–Crippen LogP) is 2.88. The molecule has 0 aliphatic carbocycles. The molecular weight excluding hydrogens is 297 g/mol. The number of ether oxygens (including phenoxy) is 1. The van der Waals surface area contributed by atoms with Crippen LogP contribution in [0, 0.1) is 12.7 Å². The van der Waals surface area contributed by atoms with Crippen molar-refractivity contribution >= 4 is 5.91 Å². The Balaban J connectivity index is 1.92. The molecule has 0 spiro atoms. The van der Waals surface area contributed by atoms with Crippen LogP contribution in [0.5, 0.6) is 5.75 Å². The number of hydrogen-bond acceptors (Lipinski definition) is 3. The predicted molar refractivity (Wildman–Crippen MR) is 85.6 cm³/mol. The van der Waals surface area contributed by atoms with Gasteiger partial charge in [-0.25, -0.2) is 4.39 Å². The van der Waals surface area contributed by atoms with E-state index in [4.69, 9.17) is 4.74 Å². The molecule has 1 unspecified atom stereocenters. The molecule has 4 nitrogen and oxygen atoms in total. The molecule has 0 aromatic heterocycles. The summed E-state index contributed by atoms with van der Waals surface area (Å²) < 4.78 is 18.4. The summed E-state index contributed by atoms with van der Waals surface area (Å²) in [5, 5.41) is 12.7. The quantitative estimate of drug-likeness (QED) is 0.861. The van der Waals surface area contributed by atoms with Crippen molar-refractivity contribution in [3.8, 4) is 5.75 Å². The monoisotopic (exact) mass is 317 g/mol. The smallest absolute Gasteiger partial charge is 0.223 e. The summed E-state index contributed by atoms with van der Waals surface area (Å²) in [6, 6.07) is 11.3. The minimum absolute atomic E-state index is 0.127. The Morgan fingerprint density at radius 1 is 1.30 bits per heavy atom. The Bertz CT molecular complexity index is 688. The fraction of sp³-hybridized carbons (Fsp3) is 0.278. The number of aliphatic hydroxyl groups is 1. The molecule has 2 aromatic rings. The van der Waals surface area contributed by atoms with Crippen molar-refractivity contribution in [2.75, 3.05) is 7.11 Å². The van der Waals surface area contributed by atoms with E-state index in [0.717, 1.165) is 11.1 Å². The standard InChI is InChI=1S/C18H20FNO3/c1-12-6-7-14(17(8-12)23-2)11-20-18(22)10-16(21)13-4-3-5-15(19)9-13/h3-9,16,21H,10-11H2,1-2H3,(H,20,22). The summed E-state index contributed by atoms with van der Waals surface area (Å²) in [4.78, 5) is 11.9. The SMILES string of the molecule is COc1cc(C)ccc1CNC(=O)CC(O)c1cccc(F)c1. The molecule has 0 saturated carbocycles. The van der Waals surface area contributed by atoms with Crippen molar-refractivity contribution in [3.63, 3.8) is 0 Å². The maximum Gasteiger partial charge on any atom is 0.223 e. The lowest BCUT2D eigenvalue weighted by Crippen LogP contribution is -2.24. The number of carbonyl (C=O) groups excluding carboxylic acids is 1. The first-order chi connectivity index (χ1) is 11.0. The fourth-order valence-corrected chi connectivity index (χ4v) is 2.27. The Kier molecular flexibility index (Phi) is 5.71. The topological polar surface area (TPSA) is 58.6 Å². The van der Waals surface area contributed by atoms with Gasteiger partial charge in [-0.15, -0.1) is 0 Å². The van der Waals surface area contributed by atoms with Crippen LogP contribution in [-0.2, 0) is 11.3 Å². The number of rotatable bonds is 6. The average Bonchev–Trinajstić information content (AvgIpc) is 2.53. The van der Waals surface area contributed by atoms with Gasteiger partial charge in [0.15, 0.2) is 0 Å². The van der Waals surface area contributed by atoms with E-state index in [1.54, 1.807) is 13.2 Å². The van der Waals surface area contributed by atoms with Crippen LogP contribution in [0.25, 0.3) is 0 Å². The molecule has 2 rings (SSSR count). The van der Waals surface area contributed by atoms with Crippen LogP contribution in [0.3, 0.4) is 0 Å². The normalized spacial score (nSPS) is 11.8. The lowest BCUT2D eigenvalue weighted by molar-refractivity contribution is -0.123. The van der Waals surface area contributed by atoms with Crippen LogP contribution < -0.4 is 10.1 Å². The molecule has 1 atom stereocenters. The lowest BCUT2D eigenvalue weighted by Gasteiger charge is -2.13. The third-order valence-corrected chi connectivity index (χ3v) is 3.53. The molecule has 2 N–H and O–H groups in total. The number of methoxy groups -OCH3 is 1. The van der Waals surface area contributed by atoms with Gasteiger partial charge in [0.05, 0.1) is 19.6 Å². The number of aliphatic hydroxyl groups excluding tert-OH is 1. The minimum Gasteiger partial charge on any atom is -0.496 e. The van der Waals surface area contributed by atoms with Gasteiger partial charge in [-0.3, -0.25) is 4.79 Å². The fourth-order valence-electron chi connectivity index (χ4n) is 2.27. The van der Waals surface area contributed by atoms with Crippen molar-refractivity contribution in [1.29, 1.82) is 0 Å². The zero-order valence-electron chi connectivity index (χ0n) is 13.2. The molecule has 0 aliphatic heterocycles. The highest BCUT2D eigenvalue weighted by atomic mass is 19.1. The first-order valence-corrected chi connectivity index (χ1v) is 7.33. The molecule has 0 saturated heterocycles. The summed E-state index contributed by atoms with van der Waals surface area (Å²) in [5.74, 6) is -0.0493. The number of hydrogen-bond donors (Lipinski definition) is 2. The molecule has 5 heteroatoms. The van der Waals surface area contributed by atoms with Gasteiger partial charge in [-0.1, -0.05) is 24.3 Å². The molecule has 1 amide bonds. The maximum absolute atomic E-state index is 13.1. The molecule has 0 heterocycles. The van der Waals surface area contributed by atoms with E-state index in [9.17, 15) is 14.3 Å². The van der Waals surface area contributed by atoms with Crippen molar-refractivity contribution in [1.82, 2.24) is 5.32 Å². The first-order valence-electron chi connectivity index (χ1n) is 7.33. The van der Waals surface area contributed by atoms with Gasteiger partial charge >= 0.3 is 0 Å². The highest BCUT2D eigenvalue weighted by Gasteiger charge is 2.14. The highest BCUT2D eigenvalue weighted by Crippen LogP contribution is 2.20. The van der Waals surface area contributed by atoms with Crippen LogP contribution in [0.2, 0.25) is 0 Å². The summed E-state index contributed by atoms with van der Waals surface area (Å²) in [7, 11) is 1.58. The highest BCUT2D eigenvalue weighted by molar-refractivity contribution is 5.76. The largest absolute Gasteiger partial charge is 0.496 e. The zero-order valence-corrected chi connectivity index (χ0v) is 13.2. The van der Waals surface area contributed by atoms with Crippen molar-refractivity contribution < 1.29 is 19.0 Å². The minimum atomic E-state index is -1.04. The summed E-state index contributed by atoms with van der Waals surface area (Å²) >= 11 is 0. The average molecular weight is 317 g/mol. The van der Waals surface area contributed by atoms with E-state index in [-0.39, 0.29) is 12.3 Å². The number of amides is 1. The van der Waals surface area contributed by atoms with Gasteiger partial charge in [0.1, 0.15) is 11.6 Å². The molecule has 0 aliphatic rings. The summed E-state index contributed by atoms with van der Waals surface area (Å²) in [6.07, 6.45) is -1.16. The van der Waals surface area contributed by atoms with Gasteiger partial charge in [-0.05, 0) is 36.2 Å². The van der Waals surface area contributed by atoms with Gasteiger partial charge in [0, 0.05) is 12.1 Å². The van der Waals surface area contributed by atoms with E-state index in [1.165, 1.54) is 18.2 Å². The lowest BCUT2D eigenvalue weighted by atomic mass is 10.1. The molecule has 0 bridgehead atoms. The Morgan fingerprint density at radius 3 is 2.78 bits per heavy atom. The summed E-state index contributed by atoms with van der Waals surface area (Å²) in [5.41, 5.74) is 2.30. The molecule has 0 radical (unpaired) electrons. The van der Waals surface area contributed by atoms with Crippen LogP contribution in [0.1, 0.15) is 29.2 Å². The van der Waals surface area contributed by atoms with Crippen molar-refractivity contribution in [2.24, 2.45) is 0 Å². The molecule has 23 heavy (non-hydrogen) atoms. The zero-order chi connectivity index (χ0) is 16.8. The van der Waals surface area contributed by atoms with E-state index in [1.807, 2.05) is 25.1 Å². The Morgan fingerprint density at radius 2 is 2.09 bits per heavy atom. The third kappa shape index (κ3) is 4.79. The molecule has 2 aromatic carbocycles. The van der Waals surface area contributed by atoms with E-state index in [0.29, 0.717) is 17.9 Å². The van der Waals surface area contributed by atoms with Gasteiger partial charge in [0.25, 0.3) is 0 Å². The number of benzene rings is 2. The van der Waals surface area contributed by atoms with Gasteiger partial charge in [0.2, 0.25) is 5.91 Å². The van der Waals surface area contributed by atoms with E-state index in [2.05, 4.69) is 5.32 Å². The van der Waals surface area contributed by atoms with Gasteiger partial charge < -0.3 is 15.2 Å². The van der Waals surface area contributed by atoms with Crippen LogP contribution in [-0.4, -0.2) is 18.1 Å². The Hall–Kier alpha value is -2.40. The molecular formula is C18H20FNO3. The van der Waals surface area contributed by atoms with Gasteiger partial charge in [-0.2, -0.15) is 0 Å². The van der Waals surface area contributed by atoms with Crippen molar-refractivity contribution in [3.05, 3.63) is 65.0 Å². The number of aryl methyl sites for hydroxylation is 1. The van der Waals surface area contributed by atoms with E-state index < -0.39 is 11.9 Å². The maximum atomic E-state index is 13.1. The second kappa shape index (κ2) is 7.74. The van der Waals surface area contributed by atoms with Crippen LogP contribution >= 0.6 is 0 Å². The van der Waals surface area contributed by atoms with E-state index >= 15 is 0 Å². The Labute approximate surface area is 134 Å². The second-order valence-electron chi connectivity index (χ2n) is 5.37. The number of halogens is 1. The molecule has 0 fully saturated rings. The van der Waals surface area contributed by atoms with Crippen LogP contribution in [0.4, 0.5) is 4.39 Å². The van der Waals surface area contributed by atoms with Crippen LogP contribution in [0.15, 0.2) is 42.5 Å². The van der Waals surface area contributed by atoms with Crippen molar-refractivity contribution in [2.45, 2.75) is 26.0 Å². The third-order valence-electron chi connectivity index (χ3n) is 3.53. The second-order valence-corrected chi connectivity index (χ2v) is 5.37. The first kappa shape index (κ1) is 17.0. The molecule has 122 valence electrons. The number of carbonyl (C=O) groups is 1. The number of nitrogens with one attached hydrogen (secondary N) is 1.